The molecule has 0 aliphatic carbocycles. The summed E-state index contributed by atoms with van der Waals surface area (Å²) >= 11 is 3.34. The van der Waals surface area contributed by atoms with Crippen LogP contribution in [-0.4, -0.2) is 34.6 Å². The Balaban J connectivity index is 1.90. The lowest BCUT2D eigenvalue weighted by Crippen LogP contribution is -2.45. The van der Waals surface area contributed by atoms with Gasteiger partial charge in [0.1, 0.15) is 6.04 Å². The first kappa shape index (κ1) is 13.9. The van der Waals surface area contributed by atoms with Gasteiger partial charge in [-0.05, 0) is 30.5 Å². The molecule has 2 rings (SSSR count). The van der Waals surface area contributed by atoms with Crippen molar-refractivity contribution in [2.45, 2.75) is 25.4 Å². The molecule has 0 spiro atoms. The van der Waals surface area contributed by atoms with Gasteiger partial charge in [-0.1, -0.05) is 28.1 Å². The van der Waals surface area contributed by atoms with Gasteiger partial charge in [0, 0.05) is 17.6 Å². The van der Waals surface area contributed by atoms with E-state index in [9.17, 15) is 9.59 Å². The quantitative estimate of drug-likeness (QED) is 0.894. The first-order chi connectivity index (χ1) is 9.08. The maximum Gasteiger partial charge on any atom is 0.407 e. The average Bonchev–Trinajstić information content (AvgIpc) is 2.87. The number of carbonyl (C=O) groups is 2. The molecule has 2 N–H and O–H groups in total. The van der Waals surface area contributed by atoms with Gasteiger partial charge in [-0.25, -0.2) is 4.79 Å². The molecule has 1 heterocycles. The van der Waals surface area contributed by atoms with Crippen LogP contribution in [0, 0.1) is 0 Å². The Kier molecular flexibility index (Phi) is 4.42. The van der Waals surface area contributed by atoms with Gasteiger partial charge in [-0.2, -0.15) is 0 Å². The molecule has 19 heavy (non-hydrogen) atoms. The van der Waals surface area contributed by atoms with Gasteiger partial charge in [0.2, 0.25) is 5.91 Å². The largest absolute Gasteiger partial charge is 0.465 e. The van der Waals surface area contributed by atoms with Crippen molar-refractivity contribution >= 4 is 27.9 Å². The van der Waals surface area contributed by atoms with Crippen molar-refractivity contribution in [1.82, 2.24) is 10.2 Å². The lowest BCUT2D eigenvalue weighted by atomic mass is 10.2. The predicted octanol–water partition coefficient (Wildman–Crippen LogP) is 2.21. The predicted molar refractivity (Wildman–Crippen MR) is 73.7 cm³/mol. The minimum absolute atomic E-state index is 0.220. The number of nitrogens with one attached hydrogen (secondary N) is 1. The van der Waals surface area contributed by atoms with E-state index in [1.807, 2.05) is 24.3 Å². The number of carbonyl (C=O) groups excluding carboxylic acids is 1. The van der Waals surface area contributed by atoms with Gasteiger partial charge in [0.25, 0.3) is 0 Å². The highest BCUT2D eigenvalue weighted by atomic mass is 79.9. The zero-order valence-corrected chi connectivity index (χ0v) is 11.9. The summed E-state index contributed by atoms with van der Waals surface area (Å²) in [7, 11) is 0. The maximum absolute atomic E-state index is 12.0. The van der Waals surface area contributed by atoms with Crippen LogP contribution in [0.1, 0.15) is 18.4 Å². The summed E-state index contributed by atoms with van der Waals surface area (Å²) in [6.07, 6.45) is 0.308. The van der Waals surface area contributed by atoms with E-state index in [0.717, 1.165) is 16.5 Å². The minimum atomic E-state index is -1.03. The molecule has 1 aliphatic rings. The summed E-state index contributed by atoms with van der Waals surface area (Å²) in [4.78, 5) is 24.1. The standard InChI is InChI=1S/C13H15BrN2O3/c14-10-5-3-9(4-6-10)8-15-12(17)11-2-1-7-16(11)13(18)19/h3-6,11H,1-2,7-8H2,(H,15,17)(H,18,19). The Morgan fingerprint density at radius 2 is 2.05 bits per heavy atom. The summed E-state index contributed by atoms with van der Waals surface area (Å²) < 4.78 is 0.982. The Bertz CT molecular complexity index is 475. The zero-order chi connectivity index (χ0) is 13.8. The highest BCUT2D eigenvalue weighted by Crippen LogP contribution is 2.17. The number of likely N-dealkylation sites (tertiary alicyclic amines) is 1. The topological polar surface area (TPSA) is 69.6 Å². The third-order valence-corrected chi connectivity index (χ3v) is 3.71. The zero-order valence-electron chi connectivity index (χ0n) is 10.3. The van der Waals surface area contributed by atoms with Crippen LogP contribution in [0.25, 0.3) is 0 Å². The molecule has 6 heteroatoms. The van der Waals surface area contributed by atoms with E-state index >= 15 is 0 Å². The fourth-order valence-corrected chi connectivity index (χ4v) is 2.44. The van der Waals surface area contributed by atoms with Crippen molar-refractivity contribution < 1.29 is 14.7 Å². The molecule has 0 radical (unpaired) electrons. The van der Waals surface area contributed by atoms with Crippen LogP contribution >= 0.6 is 15.9 Å². The molecule has 0 aromatic heterocycles. The average molecular weight is 327 g/mol. The van der Waals surface area contributed by atoms with Gasteiger partial charge >= 0.3 is 6.09 Å². The monoisotopic (exact) mass is 326 g/mol. The molecule has 1 unspecified atom stereocenters. The number of rotatable bonds is 3. The molecule has 0 bridgehead atoms. The molecular formula is C13H15BrN2O3. The normalized spacial score (nSPS) is 18.4. The Morgan fingerprint density at radius 3 is 2.68 bits per heavy atom. The second kappa shape index (κ2) is 6.06. The van der Waals surface area contributed by atoms with Crippen LogP contribution in [0.3, 0.4) is 0 Å². The highest BCUT2D eigenvalue weighted by Gasteiger charge is 2.33. The minimum Gasteiger partial charge on any atom is -0.465 e. The van der Waals surface area contributed by atoms with Crippen LogP contribution < -0.4 is 5.32 Å². The van der Waals surface area contributed by atoms with Crippen molar-refractivity contribution in [2.75, 3.05) is 6.54 Å². The lowest BCUT2D eigenvalue weighted by Gasteiger charge is -2.20. The first-order valence-corrected chi connectivity index (χ1v) is 6.89. The molecular weight excluding hydrogens is 312 g/mol. The summed E-state index contributed by atoms with van der Waals surface area (Å²) in [5, 5.41) is 11.8. The SMILES string of the molecule is O=C(NCc1ccc(Br)cc1)C1CCCN1C(=O)O. The van der Waals surface area contributed by atoms with Crippen molar-refractivity contribution in [2.24, 2.45) is 0 Å². The summed E-state index contributed by atoms with van der Waals surface area (Å²) in [6, 6.07) is 7.08. The maximum atomic E-state index is 12.0. The summed E-state index contributed by atoms with van der Waals surface area (Å²) in [5.74, 6) is -0.220. The van der Waals surface area contributed by atoms with Crippen LogP contribution in [0.5, 0.6) is 0 Å². The van der Waals surface area contributed by atoms with Crippen LogP contribution in [-0.2, 0) is 11.3 Å². The van der Waals surface area contributed by atoms with Crippen molar-refractivity contribution in [3.05, 3.63) is 34.3 Å². The Labute approximate surface area is 119 Å². The molecule has 1 saturated heterocycles. The molecule has 1 fully saturated rings. The van der Waals surface area contributed by atoms with E-state index in [2.05, 4.69) is 21.2 Å². The number of carboxylic acid groups (broad SMARTS) is 1. The first-order valence-electron chi connectivity index (χ1n) is 6.09. The van der Waals surface area contributed by atoms with Crippen LogP contribution in [0.2, 0.25) is 0 Å². The molecule has 2 amide bonds. The molecule has 102 valence electrons. The molecule has 5 nitrogen and oxygen atoms in total. The third kappa shape index (κ3) is 3.47. The van der Waals surface area contributed by atoms with E-state index in [-0.39, 0.29) is 5.91 Å². The molecule has 1 aromatic carbocycles. The van der Waals surface area contributed by atoms with E-state index < -0.39 is 12.1 Å². The Morgan fingerprint density at radius 1 is 1.37 bits per heavy atom. The molecule has 1 aromatic rings. The van der Waals surface area contributed by atoms with E-state index in [1.165, 1.54) is 4.90 Å². The van der Waals surface area contributed by atoms with Gasteiger partial charge in [-0.3, -0.25) is 9.69 Å². The summed E-state index contributed by atoms with van der Waals surface area (Å²) in [5.41, 5.74) is 0.983. The highest BCUT2D eigenvalue weighted by molar-refractivity contribution is 9.10. The smallest absolute Gasteiger partial charge is 0.407 e. The van der Waals surface area contributed by atoms with E-state index in [0.29, 0.717) is 19.5 Å². The van der Waals surface area contributed by atoms with Gasteiger partial charge in [-0.15, -0.1) is 0 Å². The van der Waals surface area contributed by atoms with Crippen molar-refractivity contribution in [3.8, 4) is 0 Å². The number of hydrogen-bond acceptors (Lipinski definition) is 2. The fraction of sp³-hybridized carbons (Fsp3) is 0.385. The van der Waals surface area contributed by atoms with Crippen LogP contribution in [0.15, 0.2) is 28.7 Å². The fourth-order valence-electron chi connectivity index (χ4n) is 2.18. The number of benzene rings is 1. The number of nitrogens with zero attached hydrogens (tertiary/aromatic N) is 1. The second-order valence-corrected chi connectivity index (χ2v) is 5.39. The van der Waals surface area contributed by atoms with Crippen molar-refractivity contribution in [1.29, 1.82) is 0 Å². The molecule has 0 saturated carbocycles. The van der Waals surface area contributed by atoms with Crippen molar-refractivity contribution in [3.63, 3.8) is 0 Å². The van der Waals surface area contributed by atoms with Gasteiger partial charge in [0.15, 0.2) is 0 Å². The van der Waals surface area contributed by atoms with E-state index in [1.54, 1.807) is 0 Å². The second-order valence-electron chi connectivity index (χ2n) is 4.48. The lowest BCUT2D eigenvalue weighted by molar-refractivity contribution is -0.125. The van der Waals surface area contributed by atoms with Crippen LogP contribution in [0.4, 0.5) is 4.79 Å². The third-order valence-electron chi connectivity index (χ3n) is 3.18. The summed E-state index contributed by atoms with van der Waals surface area (Å²) in [6.45, 7) is 0.849. The number of hydrogen-bond donors (Lipinski definition) is 2. The number of halogens is 1. The Hall–Kier alpha value is -1.56. The van der Waals surface area contributed by atoms with Gasteiger partial charge < -0.3 is 10.4 Å². The molecule has 1 aliphatic heterocycles. The van der Waals surface area contributed by atoms with E-state index in [4.69, 9.17) is 5.11 Å². The number of amides is 2. The van der Waals surface area contributed by atoms with Gasteiger partial charge in [0.05, 0.1) is 0 Å². The molecule has 1 atom stereocenters.